The predicted molar refractivity (Wildman–Crippen MR) is 92.8 cm³/mol. The van der Waals surface area contributed by atoms with E-state index >= 15 is 0 Å². The second-order valence-corrected chi connectivity index (χ2v) is 5.52. The molecular formula is C19H21FN2O3. The second kappa shape index (κ2) is 8.82. The summed E-state index contributed by atoms with van der Waals surface area (Å²) >= 11 is 0. The molecule has 2 amide bonds. The Morgan fingerprint density at radius 3 is 2.32 bits per heavy atom. The molecule has 0 heterocycles. The average Bonchev–Trinajstić information content (AvgIpc) is 2.61. The lowest BCUT2D eigenvalue weighted by Gasteiger charge is -2.18. The molecule has 6 heteroatoms. The summed E-state index contributed by atoms with van der Waals surface area (Å²) in [4.78, 5) is 25.6. The number of nitrogens with zero attached hydrogens (tertiary/aromatic N) is 1. The number of carbonyl (C=O) groups excluding carboxylic acids is 2. The van der Waals surface area contributed by atoms with Crippen LogP contribution in [0.2, 0.25) is 0 Å². The standard InChI is InChI=1S/C19H21FN2O3/c1-3-25-17-10-4-14(5-11-17)13-22(2)18(23)12-21-19(24)15-6-8-16(20)9-7-15/h4-11H,3,12-13H2,1-2H3,(H,21,24). The van der Waals surface area contributed by atoms with Crippen LogP contribution in [0, 0.1) is 5.82 Å². The van der Waals surface area contributed by atoms with Gasteiger partial charge < -0.3 is 15.0 Å². The molecule has 0 aliphatic rings. The van der Waals surface area contributed by atoms with Crippen LogP contribution in [0.1, 0.15) is 22.8 Å². The molecule has 0 unspecified atom stereocenters. The molecule has 0 saturated carbocycles. The van der Waals surface area contributed by atoms with E-state index in [1.54, 1.807) is 7.05 Å². The Bertz CT molecular complexity index is 714. The number of hydrogen-bond donors (Lipinski definition) is 1. The fraction of sp³-hybridized carbons (Fsp3) is 0.263. The van der Waals surface area contributed by atoms with Gasteiger partial charge in [-0.05, 0) is 48.9 Å². The average molecular weight is 344 g/mol. The first kappa shape index (κ1) is 18.4. The molecule has 0 aromatic heterocycles. The summed E-state index contributed by atoms with van der Waals surface area (Å²) in [6.07, 6.45) is 0. The molecule has 0 saturated heterocycles. The molecule has 1 N–H and O–H groups in total. The van der Waals surface area contributed by atoms with Crippen LogP contribution in [0.25, 0.3) is 0 Å². The van der Waals surface area contributed by atoms with Gasteiger partial charge in [-0.25, -0.2) is 4.39 Å². The minimum absolute atomic E-state index is 0.121. The van der Waals surface area contributed by atoms with Crippen molar-refractivity contribution in [3.05, 3.63) is 65.5 Å². The Balaban J connectivity index is 1.83. The quantitative estimate of drug-likeness (QED) is 0.840. The summed E-state index contributed by atoms with van der Waals surface area (Å²) in [5.74, 6) is -0.262. The molecule has 0 aliphatic heterocycles. The molecule has 25 heavy (non-hydrogen) atoms. The molecule has 2 aromatic carbocycles. The number of carbonyl (C=O) groups is 2. The minimum Gasteiger partial charge on any atom is -0.494 e. The van der Waals surface area contributed by atoms with Crippen molar-refractivity contribution in [1.82, 2.24) is 10.2 Å². The van der Waals surface area contributed by atoms with Crippen LogP contribution in [0.15, 0.2) is 48.5 Å². The highest BCUT2D eigenvalue weighted by Crippen LogP contribution is 2.13. The molecule has 0 fully saturated rings. The first-order chi connectivity index (χ1) is 12.0. The zero-order valence-electron chi connectivity index (χ0n) is 14.3. The molecule has 0 atom stereocenters. The van der Waals surface area contributed by atoms with Crippen LogP contribution in [0.5, 0.6) is 5.75 Å². The van der Waals surface area contributed by atoms with E-state index in [0.717, 1.165) is 11.3 Å². The molecule has 2 rings (SSSR count). The van der Waals surface area contributed by atoms with Gasteiger partial charge in [0.2, 0.25) is 5.91 Å². The van der Waals surface area contributed by atoms with E-state index in [-0.39, 0.29) is 12.5 Å². The van der Waals surface area contributed by atoms with Crippen LogP contribution in [-0.4, -0.2) is 36.9 Å². The molecule has 2 aromatic rings. The third-order valence-corrected chi connectivity index (χ3v) is 3.59. The van der Waals surface area contributed by atoms with Gasteiger partial charge in [0, 0.05) is 19.2 Å². The van der Waals surface area contributed by atoms with Gasteiger partial charge in [-0.2, -0.15) is 0 Å². The first-order valence-electron chi connectivity index (χ1n) is 7.99. The van der Waals surface area contributed by atoms with E-state index in [1.165, 1.54) is 29.2 Å². The highest BCUT2D eigenvalue weighted by Gasteiger charge is 2.12. The summed E-state index contributed by atoms with van der Waals surface area (Å²) < 4.78 is 18.2. The van der Waals surface area contributed by atoms with E-state index in [2.05, 4.69) is 5.32 Å². The Kier molecular flexibility index (Phi) is 6.51. The molecule has 0 spiro atoms. The fourth-order valence-corrected chi connectivity index (χ4v) is 2.21. The van der Waals surface area contributed by atoms with Crippen molar-refractivity contribution in [1.29, 1.82) is 0 Å². The highest BCUT2D eigenvalue weighted by molar-refractivity contribution is 5.96. The number of benzene rings is 2. The van der Waals surface area contributed by atoms with Gasteiger partial charge >= 0.3 is 0 Å². The topological polar surface area (TPSA) is 58.6 Å². The van der Waals surface area contributed by atoms with Crippen molar-refractivity contribution >= 4 is 11.8 Å². The van der Waals surface area contributed by atoms with Crippen molar-refractivity contribution in [2.45, 2.75) is 13.5 Å². The molecule has 0 bridgehead atoms. The van der Waals surface area contributed by atoms with E-state index in [0.29, 0.717) is 18.7 Å². The van der Waals surface area contributed by atoms with Crippen molar-refractivity contribution in [3.8, 4) is 5.75 Å². The summed E-state index contributed by atoms with van der Waals surface area (Å²) in [6.45, 7) is 2.83. The SMILES string of the molecule is CCOc1ccc(CN(C)C(=O)CNC(=O)c2ccc(F)cc2)cc1. The predicted octanol–water partition coefficient (Wildman–Crippen LogP) is 2.61. The second-order valence-electron chi connectivity index (χ2n) is 5.52. The van der Waals surface area contributed by atoms with Crippen molar-refractivity contribution in [3.63, 3.8) is 0 Å². The number of halogens is 1. The van der Waals surface area contributed by atoms with E-state index < -0.39 is 11.7 Å². The van der Waals surface area contributed by atoms with Gasteiger partial charge in [-0.15, -0.1) is 0 Å². The monoisotopic (exact) mass is 344 g/mol. The smallest absolute Gasteiger partial charge is 0.251 e. The number of nitrogens with one attached hydrogen (secondary N) is 1. The van der Waals surface area contributed by atoms with Crippen LogP contribution in [0.3, 0.4) is 0 Å². The normalized spacial score (nSPS) is 10.2. The number of ether oxygens (including phenoxy) is 1. The van der Waals surface area contributed by atoms with Crippen molar-refractivity contribution in [2.75, 3.05) is 20.2 Å². The minimum atomic E-state index is -0.414. The van der Waals surface area contributed by atoms with Crippen LogP contribution in [0.4, 0.5) is 4.39 Å². The summed E-state index contributed by atoms with van der Waals surface area (Å²) in [7, 11) is 1.67. The lowest BCUT2D eigenvalue weighted by Crippen LogP contribution is -2.37. The van der Waals surface area contributed by atoms with Crippen LogP contribution >= 0.6 is 0 Å². The van der Waals surface area contributed by atoms with E-state index in [9.17, 15) is 14.0 Å². The number of amides is 2. The maximum Gasteiger partial charge on any atom is 0.251 e. The molecule has 0 aliphatic carbocycles. The number of hydrogen-bond acceptors (Lipinski definition) is 3. The lowest BCUT2D eigenvalue weighted by molar-refractivity contribution is -0.129. The third kappa shape index (κ3) is 5.60. The molecule has 5 nitrogen and oxygen atoms in total. The third-order valence-electron chi connectivity index (χ3n) is 3.59. The maximum absolute atomic E-state index is 12.8. The summed E-state index contributed by atoms with van der Waals surface area (Å²) in [6, 6.07) is 12.7. The van der Waals surface area contributed by atoms with Crippen LogP contribution in [-0.2, 0) is 11.3 Å². The molecule has 0 radical (unpaired) electrons. The summed E-state index contributed by atoms with van der Waals surface area (Å²) in [5, 5.41) is 2.54. The van der Waals surface area contributed by atoms with Gasteiger partial charge in [0.15, 0.2) is 0 Å². The van der Waals surface area contributed by atoms with Crippen LogP contribution < -0.4 is 10.1 Å². The highest BCUT2D eigenvalue weighted by atomic mass is 19.1. The van der Waals surface area contributed by atoms with Crippen molar-refractivity contribution < 1.29 is 18.7 Å². The van der Waals surface area contributed by atoms with E-state index in [4.69, 9.17) is 4.74 Å². The van der Waals surface area contributed by atoms with E-state index in [1.807, 2.05) is 31.2 Å². The Hall–Kier alpha value is -2.89. The maximum atomic E-state index is 12.8. The van der Waals surface area contributed by atoms with Gasteiger partial charge in [-0.3, -0.25) is 9.59 Å². The Labute approximate surface area is 146 Å². The summed E-state index contributed by atoms with van der Waals surface area (Å²) in [5.41, 5.74) is 1.27. The zero-order valence-corrected chi connectivity index (χ0v) is 14.3. The lowest BCUT2D eigenvalue weighted by atomic mass is 10.2. The Morgan fingerprint density at radius 2 is 1.72 bits per heavy atom. The van der Waals surface area contributed by atoms with Gasteiger partial charge in [-0.1, -0.05) is 12.1 Å². The Morgan fingerprint density at radius 1 is 1.08 bits per heavy atom. The molecular weight excluding hydrogens is 323 g/mol. The molecule has 132 valence electrons. The number of likely N-dealkylation sites (N-methyl/N-ethyl adjacent to an activating group) is 1. The van der Waals surface area contributed by atoms with Gasteiger partial charge in [0.05, 0.1) is 13.2 Å². The fourth-order valence-electron chi connectivity index (χ4n) is 2.21. The number of rotatable bonds is 7. The first-order valence-corrected chi connectivity index (χ1v) is 7.99. The largest absolute Gasteiger partial charge is 0.494 e. The van der Waals surface area contributed by atoms with Crippen molar-refractivity contribution in [2.24, 2.45) is 0 Å². The van der Waals surface area contributed by atoms with Gasteiger partial charge in [0.25, 0.3) is 5.91 Å². The van der Waals surface area contributed by atoms with Gasteiger partial charge in [0.1, 0.15) is 11.6 Å². The zero-order chi connectivity index (χ0) is 18.2.